The fourth-order valence-corrected chi connectivity index (χ4v) is 2.69. The van der Waals surface area contributed by atoms with E-state index in [1.165, 1.54) is 0 Å². The van der Waals surface area contributed by atoms with Crippen molar-refractivity contribution >= 4 is 11.9 Å². The first kappa shape index (κ1) is 15.3. The van der Waals surface area contributed by atoms with Crippen LogP contribution in [0.2, 0.25) is 0 Å². The summed E-state index contributed by atoms with van der Waals surface area (Å²) in [5, 5.41) is 11.6. The van der Waals surface area contributed by atoms with Crippen LogP contribution in [-0.2, 0) is 4.79 Å². The smallest absolute Gasteiger partial charge is 0.306 e. The zero-order valence-corrected chi connectivity index (χ0v) is 11.3. The molecule has 21 heavy (non-hydrogen) atoms. The Labute approximate surface area is 120 Å². The number of nitrogens with zero attached hydrogens (tertiary/aromatic N) is 1. The second-order valence-electron chi connectivity index (χ2n) is 5.16. The summed E-state index contributed by atoms with van der Waals surface area (Å²) in [7, 11) is 0. The van der Waals surface area contributed by atoms with Gasteiger partial charge in [-0.05, 0) is 24.8 Å². The van der Waals surface area contributed by atoms with Crippen LogP contribution >= 0.6 is 0 Å². The fourth-order valence-electron chi connectivity index (χ4n) is 2.69. The first-order valence-corrected chi connectivity index (χ1v) is 6.81. The zero-order valence-electron chi connectivity index (χ0n) is 11.3. The highest BCUT2D eigenvalue weighted by molar-refractivity contribution is 5.94. The maximum absolute atomic E-state index is 13.4. The molecule has 1 saturated carbocycles. The number of hydrogen-bond donors (Lipinski definition) is 2. The Hall–Kier alpha value is -2.05. The van der Waals surface area contributed by atoms with Crippen molar-refractivity contribution in [3.8, 4) is 0 Å². The van der Waals surface area contributed by atoms with Gasteiger partial charge in [-0.3, -0.25) is 9.59 Å². The number of carboxylic acids is 1. The minimum absolute atomic E-state index is 0.138. The van der Waals surface area contributed by atoms with Crippen molar-refractivity contribution in [1.82, 2.24) is 10.3 Å². The molecule has 2 unspecified atom stereocenters. The van der Waals surface area contributed by atoms with Gasteiger partial charge in [0.15, 0.2) is 5.82 Å². The van der Waals surface area contributed by atoms with Crippen LogP contribution in [-0.4, -0.2) is 28.5 Å². The molecule has 0 saturated heterocycles. The second kappa shape index (κ2) is 6.60. The van der Waals surface area contributed by atoms with Crippen LogP contribution in [0, 0.1) is 23.6 Å². The van der Waals surface area contributed by atoms with Crippen molar-refractivity contribution in [3.05, 3.63) is 29.6 Å². The summed E-state index contributed by atoms with van der Waals surface area (Å²) in [6, 6.07) is 1.09. The van der Waals surface area contributed by atoms with Gasteiger partial charge in [-0.15, -0.1) is 0 Å². The molecule has 1 aliphatic rings. The van der Waals surface area contributed by atoms with Gasteiger partial charge in [0.2, 0.25) is 5.95 Å². The van der Waals surface area contributed by atoms with E-state index < -0.39 is 35.1 Å². The molecule has 0 spiro atoms. The molecule has 0 aliphatic heterocycles. The van der Waals surface area contributed by atoms with Crippen LogP contribution in [0.25, 0.3) is 0 Å². The van der Waals surface area contributed by atoms with Crippen LogP contribution in [0.3, 0.4) is 0 Å². The highest BCUT2D eigenvalue weighted by atomic mass is 19.2. The van der Waals surface area contributed by atoms with E-state index >= 15 is 0 Å². The maximum Gasteiger partial charge on any atom is 0.306 e. The van der Waals surface area contributed by atoms with Crippen LogP contribution in [0.15, 0.2) is 12.3 Å². The minimum Gasteiger partial charge on any atom is -0.481 e. The summed E-state index contributed by atoms with van der Waals surface area (Å²) in [4.78, 5) is 26.1. The molecule has 114 valence electrons. The first-order chi connectivity index (χ1) is 10.0. The zero-order chi connectivity index (χ0) is 15.4. The van der Waals surface area contributed by atoms with Crippen molar-refractivity contribution in [1.29, 1.82) is 0 Å². The number of aromatic nitrogens is 1. The number of carbonyl (C=O) groups excluding carboxylic acids is 1. The van der Waals surface area contributed by atoms with Crippen molar-refractivity contribution in [2.45, 2.75) is 25.7 Å². The molecule has 0 aromatic carbocycles. The van der Waals surface area contributed by atoms with Gasteiger partial charge in [0.05, 0.1) is 11.5 Å². The highest BCUT2D eigenvalue weighted by Crippen LogP contribution is 2.29. The number of aliphatic carboxylic acids is 1. The van der Waals surface area contributed by atoms with Crippen LogP contribution in [0.4, 0.5) is 8.78 Å². The molecule has 1 aliphatic carbocycles. The Bertz CT molecular complexity index is 551. The lowest BCUT2D eigenvalue weighted by molar-refractivity contribution is -0.144. The van der Waals surface area contributed by atoms with E-state index in [0.29, 0.717) is 12.8 Å². The number of carbonyl (C=O) groups is 2. The monoisotopic (exact) mass is 298 g/mol. The molecule has 1 amide bonds. The third-order valence-corrected chi connectivity index (χ3v) is 3.84. The van der Waals surface area contributed by atoms with E-state index in [0.717, 1.165) is 25.1 Å². The normalized spacial score (nSPS) is 21.8. The molecular formula is C14H16F2N2O3. The third kappa shape index (κ3) is 3.53. The van der Waals surface area contributed by atoms with Gasteiger partial charge in [0, 0.05) is 12.7 Å². The summed E-state index contributed by atoms with van der Waals surface area (Å²) < 4.78 is 26.4. The quantitative estimate of drug-likeness (QED) is 0.833. The number of rotatable bonds is 4. The lowest BCUT2D eigenvalue weighted by Crippen LogP contribution is -2.37. The number of halogens is 2. The molecule has 2 N–H and O–H groups in total. The van der Waals surface area contributed by atoms with Crippen molar-refractivity contribution in [2.75, 3.05) is 6.54 Å². The van der Waals surface area contributed by atoms with Crippen molar-refractivity contribution in [2.24, 2.45) is 11.8 Å². The van der Waals surface area contributed by atoms with E-state index in [1.54, 1.807) is 0 Å². The SMILES string of the molecule is O=C(NCC1CCCCC1C(=O)O)c1ccnc(F)c1F. The Morgan fingerprint density at radius 1 is 1.33 bits per heavy atom. The van der Waals surface area contributed by atoms with Gasteiger partial charge in [-0.2, -0.15) is 4.39 Å². The number of hydrogen-bond acceptors (Lipinski definition) is 3. The standard InChI is InChI=1S/C14H16F2N2O3/c15-11-10(5-6-17-12(11)16)13(19)18-7-8-3-1-2-4-9(8)14(20)21/h5-6,8-9H,1-4,7H2,(H,18,19)(H,20,21). The number of pyridine rings is 1. The highest BCUT2D eigenvalue weighted by Gasteiger charge is 2.31. The Morgan fingerprint density at radius 2 is 2.05 bits per heavy atom. The van der Waals surface area contributed by atoms with Gasteiger partial charge in [0.1, 0.15) is 0 Å². The maximum atomic E-state index is 13.4. The molecule has 1 fully saturated rings. The topological polar surface area (TPSA) is 79.3 Å². The van der Waals surface area contributed by atoms with E-state index in [-0.39, 0.29) is 12.5 Å². The lowest BCUT2D eigenvalue weighted by atomic mass is 9.79. The van der Waals surface area contributed by atoms with E-state index in [2.05, 4.69) is 10.3 Å². The molecule has 7 heteroatoms. The Kier molecular flexibility index (Phi) is 4.82. The average Bonchev–Trinajstić information content (AvgIpc) is 2.47. The first-order valence-electron chi connectivity index (χ1n) is 6.81. The van der Waals surface area contributed by atoms with Gasteiger partial charge >= 0.3 is 5.97 Å². The van der Waals surface area contributed by atoms with Crippen molar-refractivity contribution in [3.63, 3.8) is 0 Å². The summed E-state index contributed by atoms with van der Waals surface area (Å²) in [6.07, 6.45) is 4.04. The fraction of sp³-hybridized carbons (Fsp3) is 0.500. The van der Waals surface area contributed by atoms with E-state index in [9.17, 15) is 18.4 Å². The van der Waals surface area contributed by atoms with Crippen LogP contribution < -0.4 is 5.32 Å². The molecular weight excluding hydrogens is 282 g/mol. The summed E-state index contributed by atoms with van der Waals surface area (Å²) >= 11 is 0. The molecule has 1 aromatic heterocycles. The summed E-state index contributed by atoms with van der Waals surface area (Å²) in [5.41, 5.74) is -0.426. The summed E-state index contributed by atoms with van der Waals surface area (Å²) in [5.74, 6) is -4.95. The molecule has 5 nitrogen and oxygen atoms in total. The predicted molar refractivity (Wildman–Crippen MR) is 69.6 cm³/mol. The second-order valence-corrected chi connectivity index (χ2v) is 5.16. The average molecular weight is 298 g/mol. The molecule has 0 bridgehead atoms. The van der Waals surface area contributed by atoms with E-state index in [4.69, 9.17) is 5.11 Å². The van der Waals surface area contributed by atoms with Gasteiger partial charge in [-0.1, -0.05) is 12.8 Å². The molecule has 1 aromatic rings. The van der Waals surface area contributed by atoms with Gasteiger partial charge in [0.25, 0.3) is 5.91 Å². The van der Waals surface area contributed by atoms with Crippen molar-refractivity contribution < 1.29 is 23.5 Å². The predicted octanol–water partition coefficient (Wildman–Crippen LogP) is 1.98. The van der Waals surface area contributed by atoms with E-state index in [1.807, 2.05) is 0 Å². The molecule has 2 atom stereocenters. The minimum atomic E-state index is -1.33. The van der Waals surface area contributed by atoms with Gasteiger partial charge < -0.3 is 10.4 Å². The lowest BCUT2D eigenvalue weighted by Gasteiger charge is -2.28. The number of amides is 1. The number of nitrogens with one attached hydrogen (secondary N) is 1. The number of carboxylic acid groups (broad SMARTS) is 1. The molecule has 1 heterocycles. The molecule has 0 radical (unpaired) electrons. The van der Waals surface area contributed by atoms with Gasteiger partial charge in [-0.25, -0.2) is 9.37 Å². The Balaban J connectivity index is 2.00. The largest absolute Gasteiger partial charge is 0.481 e. The summed E-state index contributed by atoms with van der Waals surface area (Å²) in [6.45, 7) is 0.138. The third-order valence-electron chi connectivity index (χ3n) is 3.84. The molecule has 2 rings (SSSR count). The Morgan fingerprint density at radius 3 is 2.76 bits per heavy atom. The van der Waals surface area contributed by atoms with Crippen LogP contribution in [0.5, 0.6) is 0 Å². The van der Waals surface area contributed by atoms with Crippen LogP contribution in [0.1, 0.15) is 36.0 Å².